The van der Waals surface area contributed by atoms with Crippen LogP contribution in [0.25, 0.3) is 10.9 Å². The van der Waals surface area contributed by atoms with E-state index >= 15 is 0 Å². The van der Waals surface area contributed by atoms with Crippen molar-refractivity contribution in [3.63, 3.8) is 0 Å². The summed E-state index contributed by atoms with van der Waals surface area (Å²) in [4.78, 5) is 39.5. The van der Waals surface area contributed by atoms with E-state index in [1.165, 1.54) is 31.8 Å². The molecule has 0 saturated carbocycles. The number of methoxy groups -OCH3 is 2. The molecule has 2 amide bonds. The standard InChI is InChI=1S/C19H23N7O6S/c1-24(2)16-20-17(22-18(21-16)32-6)26(4)19(28)23-33(29,30)14-11-9-7-8-10-12(11)25(3)13(14)15(27)31-5/h7-10H,1-6H3,(H,23,28). The maximum absolute atomic E-state index is 13.3. The summed E-state index contributed by atoms with van der Waals surface area (Å²) in [5, 5.41) is 0.250. The number of anilines is 2. The molecule has 2 heterocycles. The molecule has 0 aliphatic heterocycles. The zero-order valence-corrected chi connectivity index (χ0v) is 19.7. The molecular formula is C19H23N7O6S. The fourth-order valence-electron chi connectivity index (χ4n) is 3.06. The highest BCUT2D eigenvalue weighted by Gasteiger charge is 2.33. The van der Waals surface area contributed by atoms with Crippen LogP contribution >= 0.6 is 0 Å². The van der Waals surface area contributed by atoms with E-state index in [0.717, 1.165) is 12.0 Å². The van der Waals surface area contributed by atoms with Gasteiger partial charge in [-0.05, 0) is 6.07 Å². The average molecular weight is 478 g/mol. The highest BCUT2D eigenvalue weighted by Crippen LogP contribution is 2.30. The van der Waals surface area contributed by atoms with Crippen LogP contribution in [-0.4, -0.2) is 75.3 Å². The van der Waals surface area contributed by atoms with Crippen LogP contribution in [0.5, 0.6) is 6.01 Å². The van der Waals surface area contributed by atoms with Crippen molar-refractivity contribution < 1.29 is 27.5 Å². The third kappa shape index (κ3) is 4.37. The van der Waals surface area contributed by atoms with Gasteiger partial charge in [-0.3, -0.25) is 4.90 Å². The van der Waals surface area contributed by atoms with Gasteiger partial charge in [-0.1, -0.05) is 18.2 Å². The Kier molecular flexibility index (Phi) is 6.39. The molecule has 2 aromatic heterocycles. The van der Waals surface area contributed by atoms with Crippen molar-refractivity contribution in [3.05, 3.63) is 30.0 Å². The van der Waals surface area contributed by atoms with Gasteiger partial charge in [0.2, 0.25) is 11.9 Å². The number of nitrogens with zero attached hydrogens (tertiary/aromatic N) is 6. The summed E-state index contributed by atoms with van der Waals surface area (Å²) < 4.78 is 39.7. The summed E-state index contributed by atoms with van der Waals surface area (Å²) in [6.45, 7) is 0. The SMILES string of the molecule is COC(=O)c1c(S(=O)(=O)NC(=O)N(C)c2nc(OC)nc(N(C)C)n2)c2ccccc2n1C. The third-order valence-electron chi connectivity index (χ3n) is 4.71. The number of carbonyl (C=O) groups is 2. The number of carbonyl (C=O) groups excluding carboxylic acids is 2. The lowest BCUT2D eigenvalue weighted by atomic mass is 10.2. The zero-order valence-electron chi connectivity index (χ0n) is 18.9. The number of rotatable bonds is 6. The van der Waals surface area contributed by atoms with Gasteiger partial charge in [0, 0.05) is 39.1 Å². The van der Waals surface area contributed by atoms with Crippen LogP contribution in [0.1, 0.15) is 10.5 Å². The number of ether oxygens (including phenoxy) is 2. The van der Waals surface area contributed by atoms with Gasteiger partial charge < -0.3 is 18.9 Å². The monoisotopic (exact) mass is 477 g/mol. The zero-order chi connectivity index (χ0) is 24.5. The summed E-state index contributed by atoms with van der Waals surface area (Å²) in [6, 6.07) is 5.38. The van der Waals surface area contributed by atoms with E-state index in [9.17, 15) is 18.0 Å². The third-order valence-corrected chi connectivity index (χ3v) is 6.10. The molecule has 0 aliphatic carbocycles. The fraction of sp³-hybridized carbons (Fsp3) is 0.316. The largest absolute Gasteiger partial charge is 0.467 e. The molecule has 0 aliphatic rings. The van der Waals surface area contributed by atoms with Crippen LogP contribution in [0, 0.1) is 0 Å². The normalized spacial score (nSPS) is 11.2. The Morgan fingerprint density at radius 1 is 1.03 bits per heavy atom. The molecule has 1 N–H and O–H groups in total. The first kappa shape index (κ1) is 23.7. The summed E-state index contributed by atoms with van der Waals surface area (Å²) >= 11 is 0. The summed E-state index contributed by atoms with van der Waals surface area (Å²) in [7, 11) is 4.13. The van der Waals surface area contributed by atoms with Crippen molar-refractivity contribution >= 4 is 44.8 Å². The number of hydrogen-bond donors (Lipinski definition) is 1. The lowest BCUT2D eigenvalue weighted by Crippen LogP contribution is -2.42. The number of sulfonamides is 1. The van der Waals surface area contributed by atoms with Crippen molar-refractivity contribution in [3.8, 4) is 6.01 Å². The molecule has 33 heavy (non-hydrogen) atoms. The Hall–Kier alpha value is -3.94. The summed E-state index contributed by atoms with van der Waals surface area (Å²) in [5.74, 6) is -0.821. The van der Waals surface area contributed by atoms with E-state index in [-0.39, 0.29) is 33.9 Å². The first-order valence-electron chi connectivity index (χ1n) is 9.45. The number of hydrogen-bond acceptors (Lipinski definition) is 10. The minimum Gasteiger partial charge on any atom is -0.467 e. The molecular weight excluding hydrogens is 454 g/mol. The molecule has 1 aromatic carbocycles. The lowest BCUT2D eigenvalue weighted by Gasteiger charge is -2.18. The Balaban J connectivity index is 2.04. The van der Waals surface area contributed by atoms with Crippen LogP contribution in [-0.2, 0) is 21.8 Å². The van der Waals surface area contributed by atoms with E-state index in [4.69, 9.17) is 9.47 Å². The summed E-state index contributed by atoms with van der Waals surface area (Å²) in [5.41, 5.74) is 0.246. The molecule has 0 fully saturated rings. The number of amides is 2. The molecule has 0 spiro atoms. The average Bonchev–Trinajstić information content (AvgIpc) is 3.10. The van der Waals surface area contributed by atoms with Gasteiger partial charge in [-0.15, -0.1) is 0 Å². The van der Waals surface area contributed by atoms with Gasteiger partial charge in [0.1, 0.15) is 10.6 Å². The molecule has 3 aromatic rings. The Labute approximate surface area is 190 Å². The van der Waals surface area contributed by atoms with Crippen molar-refractivity contribution in [1.29, 1.82) is 0 Å². The minimum atomic E-state index is -4.52. The van der Waals surface area contributed by atoms with Crippen LogP contribution in [0.4, 0.5) is 16.7 Å². The highest BCUT2D eigenvalue weighted by atomic mass is 32.2. The molecule has 13 nitrogen and oxygen atoms in total. The van der Waals surface area contributed by atoms with Gasteiger partial charge in [-0.25, -0.2) is 22.7 Å². The second kappa shape index (κ2) is 8.90. The second-order valence-corrected chi connectivity index (χ2v) is 8.65. The van der Waals surface area contributed by atoms with Crippen LogP contribution in [0.3, 0.4) is 0 Å². The smallest absolute Gasteiger partial charge is 0.356 e. The van der Waals surface area contributed by atoms with Crippen molar-refractivity contribution in [2.45, 2.75) is 4.90 Å². The Morgan fingerprint density at radius 3 is 2.27 bits per heavy atom. The van der Waals surface area contributed by atoms with Crippen LogP contribution < -0.4 is 19.3 Å². The number of aryl methyl sites for hydroxylation is 1. The van der Waals surface area contributed by atoms with Gasteiger partial charge in [-0.2, -0.15) is 15.0 Å². The maximum Gasteiger partial charge on any atom is 0.356 e. The van der Waals surface area contributed by atoms with Gasteiger partial charge in [0.25, 0.3) is 10.0 Å². The quantitative estimate of drug-likeness (QED) is 0.504. The van der Waals surface area contributed by atoms with Crippen LogP contribution in [0.2, 0.25) is 0 Å². The molecule has 176 valence electrons. The molecule has 0 unspecified atom stereocenters. The molecule has 3 rings (SSSR count). The number of esters is 1. The fourth-order valence-corrected chi connectivity index (χ4v) is 4.46. The van der Waals surface area contributed by atoms with Gasteiger partial charge in [0.05, 0.1) is 14.2 Å². The van der Waals surface area contributed by atoms with E-state index in [0.29, 0.717) is 5.52 Å². The molecule has 0 saturated heterocycles. The van der Waals surface area contributed by atoms with Crippen molar-refractivity contribution in [1.82, 2.24) is 24.2 Å². The Morgan fingerprint density at radius 2 is 1.67 bits per heavy atom. The van der Waals surface area contributed by atoms with E-state index in [1.807, 2.05) is 4.72 Å². The van der Waals surface area contributed by atoms with Crippen molar-refractivity contribution in [2.75, 3.05) is 45.2 Å². The first-order valence-corrected chi connectivity index (χ1v) is 10.9. The Bertz CT molecular complexity index is 1340. The second-order valence-electron chi connectivity index (χ2n) is 7.03. The van der Waals surface area contributed by atoms with E-state index in [2.05, 4.69) is 15.0 Å². The topological polar surface area (TPSA) is 149 Å². The molecule has 0 bridgehead atoms. The molecule has 14 heteroatoms. The summed E-state index contributed by atoms with van der Waals surface area (Å²) in [6.07, 6.45) is 0. The highest BCUT2D eigenvalue weighted by molar-refractivity contribution is 7.90. The predicted octanol–water partition coefficient (Wildman–Crippen LogP) is 0.759. The number of aromatic nitrogens is 4. The van der Waals surface area contributed by atoms with E-state index < -0.39 is 22.0 Å². The van der Waals surface area contributed by atoms with Gasteiger partial charge in [0.15, 0.2) is 0 Å². The number of fused-ring (bicyclic) bond motifs is 1. The number of benzene rings is 1. The number of para-hydroxylation sites is 1. The number of nitrogens with one attached hydrogen (secondary N) is 1. The lowest BCUT2D eigenvalue weighted by molar-refractivity contribution is 0.0585. The predicted molar refractivity (Wildman–Crippen MR) is 119 cm³/mol. The minimum absolute atomic E-state index is 0.0618. The first-order chi connectivity index (χ1) is 15.5. The van der Waals surface area contributed by atoms with Crippen LogP contribution in [0.15, 0.2) is 29.2 Å². The number of urea groups is 1. The van der Waals surface area contributed by atoms with Gasteiger partial charge >= 0.3 is 18.0 Å². The molecule has 0 atom stereocenters. The van der Waals surface area contributed by atoms with Crippen molar-refractivity contribution in [2.24, 2.45) is 7.05 Å². The maximum atomic E-state index is 13.3. The molecule has 0 radical (unpaired) electrons. The van der Waals surface area contributed by atoms with E-state index in [1.54, 1.807) is 37.2 Å².